The number of rotatable bonds is 4. The van der Waals surface area contributed by atoms with Crippen LogP contribution in [0.15, 0.2) is 17.3 Å². The quantitative estimate of drug-likeness (QED) is 0.497. The first kappa shape index (κ1) is 13.2. The monoisotopic (exact) mass is 196 g/mol. The molecule has 0 N–H and O–H groups in total. The topological polar surface area (TPSA) is 15.6 Å². The van der Waals surface area contributed by atoms with Gasteiger partial charge in [0, 0.05) is 18.3 Å². The van der Waals surface area contributed by atoms with E-state index in [1.165, 1.54) is 0 Å². The molecule has 0 fully saturated rings. The second-order valence-corrected chi connectivity index (χ2v) is 3.92. The van der Waals surface area contributed by atoms with E-state index in [0.29, 0.717) is 12.1 Å². The van der Waals surface area contributed by atoms with Gasteiger partial charge in [0.15, 0.2) is 0 Å². The highest BCUT2D eigenvalue weighted by Gasteiger charge is 2.07. The lowest BCUT2D eigenvalue weighted by Gasteiger charge is -2.25. The third-order valence-corrected chi connectivity index (χ3v) is 2.24. The van der Waals surface area contributed by atoms with Crippen LogP contribution in [-0.4, -0.2) is 22.8 Å². The lowest BCUT2D eigenvalue weighted by atomic mass is 10.2. The van der Waals surface area contributed by atoms with Crippen LogP contribution in [0.4, 0.5) is 0 Å². The van der Waals surface area contributed by atoms with Gasteiger partial charge in [-0.2, -0.15) is 0 Å². The number of allylic oxidation sites excluding steroid dienone is 1. The van der Waals surface area contributed by atoms with Crippen molar-refractivity contribution >= 4 is 5.84 Å². The molecule has 2 heteroatoms. The summed E-state index contributed by atoms with van der Waals surface area (Å²) >= 11 is 0. The van der Waals surface area contributed by atoms with E-state index in [-0.39, 0.29) is 0 Å². The molecule has 0 saturated heterocycles. The van der Waals surface area contributed by atoms with E-state index in [1.54, 1.807) is 0 Å². The third kappa shape index (κ3) is 4.45. The van der Waals surface area contributed by atoms with Crippen molar-refractivity contribution in [2.75, 3.05) is 0 Å². The Kier molecular flexibility index (Phi) is 6.26. The van der Waals surface area contributed by atoms with Crippen molar-refractivity contribution in [2.45, 2.75) is 60.0 Å². The minimum atomic E-state index is 0.418. The summed E-state index contributed by atoms with van der Waals surface area (Å²) in [5.74, 6) is 1.10. The molecule has 1 atom stereocenters. The molecule has 0 aliphatic rings. The van der Waals surface area contributed by atoms with Crippen LogP contribution in [-0.2, 0) is 0 Å². The molecular formula is C12H24N2. The number of hydrogen-bond acceptors (Lipinski definition) is 1. The maximum Gasteiger partial charge on any atom is 0.100 e. The zero-order chi connectivity index (χ0) is 11.1. The molecule has 0 amide bonds. The maximum atomic E-state index is 4.63. The van der Waals surface area contributed by atoms with E-state index >= 15 is 0 Å². The Balaban J connectivity index is 4.58. The smallest absolute Gasteiger partial charge is 0.100 e. The van der Waals surface area contributed by atoms with Crippen molar-refractivity contribution in [1.29, 1.82) is 0 Å². The second-order valence-electron chi connectivity index (χ2n) is 3.92. The van der Waals surface area contributed by atoms with Crippen molar-refractivity contribution in [2.24, 2.45) is 4.99 Å². The van der Waals surface area contributed by atoms with Gasteiger partial charge >= 0.3 is 0 Å². The Morgan fingerprint density at radius 1 is 1.36 bits per heavy atom. The number of aliphatic imine (C=N–C) groups is 1. The van der Waals surface area contributed by atoms with E-state index in [1.807, 2.05) is 6.92 Å². The standard InChI is InChI=1S/C12H24N2/c1-7-9-14(10(3)4)12(6)13-11(5)8-2/h7,9-11H,8H2,1-6H3/b9-7+,13-12?/t11-/m0/s1. The van der Waals surface area contributed by atoms with Gasteiger partial charge < -0.3 is 4.90 Å². The Morgan fingerprint density at radius 2 is 1.93 bits per heavy atom. The predicted octanol–water partition coefficient (Wildman–Crippen LogP) is 3.45. The Bertz CT molecular complexity index is 204. The van der Waals surface area contributed by atoms with Gasteiger partial charge in [-0.1, -0.05) is 13.0 Å². The van der Waals surface area contributed by atoms with E-state index in [0.717, 1.165) is 12.3 Å². The van der Waals surface area contributed by atoms with Gasteiger partial charge in [-0.15, -0.1) is 0 Å². The number of hydrogen-bond donors (Lipinski definition) is 0. The zero-order valence-corrected chi connectivity index (χ0v) is 10.4. The van der Waals surface area contributed by atoms with Crippen LogP contribution >= 0.6 is 0 Å². The van der Waals surface area contributed by atoms with Gasteiger partial charge in [-0.25, -0.2) is 0 Å². The summed E-state index contributed by atoms with van der Waals surface area (Å²) in [4.78, 5) is 6.83. The van der Waals surface area contributed by atoms with Gasteiger partial charge in [0.25, 0.3) is 0 Å². The SMILES string of the molecule is C/C=C/N(C(C)=N[C@@H](C)CC)C(C)C. The first-order valence-electron chi connectivity index (χ1n) is 5.48. The molecule has 0 aromatic rings. The zero-order valence-electron chi connectivity index (χ0n) is 10.4. The predicted molar refractivity (Wildman–Crippen MR) is 64.7 cm³/mol. The summed E-state index contributed by atoms with van der Waals surface area (Å²) < 4.78 is 0. The molecule has 14 heavy (non-hydrogen) atoms. The molecule has 0 aromatic carbocycles. The van der Waals surface area contributed by atoms with Crippen LogP contribution in [0.3, 0.4) is 0 Å². The largest absolute Gasteiger partial charge is 0.335 e. The fraction of sp³-hybridized carbons (Fsp3) is 0.750. The van der Waals surface area contributed by atoms with Gasteiger partial charge in [-0.05, 0) is 41.0 Å². The summed E-state index contributed by atoms with van der Waals surface area (Å²) in [6.45, 7) is 12.8. The first-order chi connectivity index (χ1) is 6.52. The third-order valence-electron chi connectivity index (χ3n) is 2.24. The van der Waals surface area contributed by atoms with Crippen molar-refractivity contribution in [3.63, 3.8) is 0 Å². The van der Waals surface area contributed by atoms with E-state index in [9.17, 15) is 0 Å². The Morgan fingerprint density at radius 3 is 2.29 bits per heavy atom. The molecular weight excluding hydrogens is 172 g/mol. The lowest BCUT2D eigenvalue weighted by Crippen LogP contribution is -2.31. The molecule has 0 spiro atoms. The van der Waals surface area contributed by atoms with Crippen LogP contribution < -0.4 is 0 Å². The van der Waals surface area contributed by atoms with Gasteiger partial charge in [0.1, 0.15) is 5.84 Å². The highest BCUT2D eigenvalue weighted by Crippen LogP contribution is 2.04. The number of nitrogens with zero attached hydrogens (tertiary/aromatic N) is 2. The highest BCUT2D eigenvalue weighted by molar-refractivity contribution is 5.81. The summed E-state index contributed by atoms with van der Waals surface area (Å²) in [6, 6.07) is 0.889. The molecule has 0 bridgehead atoms. The fourth-order valence-electron chi connectivity index (χ4n) is 1.29. The molecule has 2 nitrogen and oxygen atoms in total. The molecule has 0 unspecified atom stereocenters. The molecule has 0 rings (SSSR count). The summed E-state index contributed by atoms with van der Waals surface area (Å²) in [6.07, 6.45) is 5.24. The van der Waals surface area contributed by atoms with Crippen LogP contribution in [0.25, 0.3) is 0 Å². The van der Waals surface area contributed by atoms with Crippen molar-refractivity contribution in [1.82, 2.24) is 4.90 Å². The normalized spacial score (nSPS) is 15.2. The van der Waals surface area contributed by atoms with Crippen LogP contribution in [0.1, 0.15) is 48.0 Å². The molecule has 0 heterocycles. The second kappa shape index (κ2) is 6.63. The fourth-order valence-corrected chi connectivity index (χ4v) is 1.29. The van der Waals surface area contributed by atoms with Crippen molar-refractivity contribution < 1.29 is 0 Å². The molecule has 0 aromatic heterocycles. The van der Waals surface area contributed by atoms with E-state index in [2.05, 4.69) is 56.8 Å². The van der Waals surface area contributed by atoms with E-state index < -0.39 is 0 Å². The van der Waals surface area contributed by atoms with E-state index in [4.69, 9.17) is 0 Å². The maximum absolute atomic E-state index is 4.63. The van der Waals surface area contributed by atoms with Gasteiger partial charge in [0.05, 0.1) is 0 Å². The average Bonchev–Trinajstić information content (AvgIpc) is 2.13. The summed E-state index contributed by atoms with van der Waals surface area (Å²) in [7, 11) is 0. The van der Waals surface area contributed by atoms with Gasteiger partial charge in [0.2, 0.25) is 0 Å². The minimum absolute atomic E-state index is 0.418. The van der Waals surface area contributed by atoms with Crippen LogP contribution in [0.5, 0.6) is 0 Å². The Labute approximate surface area is 88.7 Å². The Hall–Kier alpha value is -0.790. The first-order valence-corrected chi connectivity index (χ1v) is 5.48. The molecule has 0 aliphatic heterocycles. The highest BCUT2D eigenvalue weighted by atomic mass is 15.2. The molecule has 82 valence electrons. The summed E-state index contributed by atoms with van der Waals surface area (Å²) in [5.41, 5.74) is 0. The van der Waals surface area contributed by atoms with Crippen molar-refractivity contribution in [3.05, 3.63) is 12.3 Å². The molecule has 0 aliphatic carbocycles. The average molecular weight is 196 g/mol. The van der Waals surface area contributed by atoms with Gasteiger partial charge in [-0.3, -0.25) is 4.99 Å². The van der Waals surface area contributed by atoms with Crippen LogP contribution in [0, 0.1) is 0 Å². The summed E-state index contributed by atoms with van der Waals surface area (Å²) in [5, 5.41) is 0. The van der Waals surface area contributed by atoms with Crippen molar-refractivity contribution in [3.8, 4) is 0 Å². The molecule has 0 saturated carbocycles. The minimum Gasteiger partial charge on any atom is -0.335 e. The lowest BCUT2D eigenvalue weighted by molar-refractivity contribution is 0.451. The number of amidine groups is 1. The molecule has 0 radical (unpaired) electrons. The van der Waals surface area contributed by atoms with Crippen LogP contribution in [0.2, 0.25) is 0 Å².